The van der Waals surface area contributed by atoms with E-state index in [4.69, 9.17) is 4.74 Å². The number of carbonyl (C=O) groups excluding carboxylic acids is 1. The minimum atomic E-state index is -0.153. The number of aryl methyl sites for hydroxylation is 2. The maximum Gasteiger partial charge on any atom is 0.241 e. The highest BCUT2D eigenvalue weighted by atomic mass is 16.5. The Balaban J connectivity index is 1.88. The molecule has 1 saturated heterocycles. The molecule has 140 valence electrons. The molecule has 1 N–H and O–H groups in total. The lowest BCUT2D eigenvalue weighted by atomic mass is 10.1. The minimum Gasteiger partial charge on any atom is -0.376 e. The standard InChI is InChI=1S/C20H33N3O2/c1-15-8-9-16(2)19(13-15)21-20(24)17(3)23-10-6-7-18(14-23)25-12-11-22(4)5/h8-9,13,17-18H,6-7,10-12,14H2,1-5H3,(H,21,24)/t17-,18-/m1/s1. The average Bonchev–Trinajstić information content (AvgIpc) is 2.57. The molecule has 0 bridgehead atoms. The SMILES string of the molecule is Cc1ccc(C)c(NC(=O)[C@@H](C)N2CCC[C@@H](OCCN(C)C)C2)c1. The molecule has 0 radical (unpaired) electrons. The van der Waals surface area contributed by atoms with Gasteiger partial charge in [0.15, 0.2) is 0 Å². The summed E-state index contributed by atoms with van der Waals surface area (Å²) in [6, 6.07) is 5.99. The third-order valence-electron chi connectivity index (χ3n) is 4.88. The second-order valence-electron chi connectivity index (χ2n) is 7.42. The molecule has 1 fully saturated rings. The minimum absolute atomic E-state index is 0.0580. The van der Waals surface area contributed by atoms with Gasteiger partial charge in [-0.25, -0.2) is 0 Å². The van der Waals surface area contributed by atoms with Gasteiger partial charge >= 0.3 is 0 Å². The van der Waals surface area contributed by atoms with Crippen molar-refractivity contribution in [3.63, 3.8) is 0 Å². The molecule has 2 rings (SSSR count). The van der Waals surface area contributed by atoms with Gasteiger partial charge < -0.3 is 15.0 Å². The fourth-order valence-corrected chi connectivity index (χ4v) is 3.13. The van der Waals surface area contributed by atoms with E-state index in [1.54, 1.807) is 0 Å². The smallest absolute Gasteiger partial charge is 0.241 e. The summed E-state index contributed by atoms with van der Waals surface area (Å²) in [4.78, 5) is 17.1. The molecule has 1 heterocycles. The first-order valence-corrected chi connectivity index (χ1v) is 9.25. The number of likely N-dealkylation sites (tertiary alicyclic amines) is 1. The van der Waals surface area contributed by atoms with Crippen LogP contribution in [-0.2, 0) is 9.53 Å². The van der Waals surface area contributed by atoms with E-state index >= 15 is 0 Å². The normalized spacial score (nSPS) is 19.8. The molecule has 1 aliphatic rings. The van der Waals surface area contributed by atoms with Crippen LogP contribution in [0.4, 0.5) is 5.69 Å². The first-order chi connectivity index (χ1) is 11.9. The molecular formula is C20H33N3O2. The number of piperidine rings is 1. The number of rotatable bonds is 7. The van der Waals surface area contributed by atoms with Crippen LogP contribution in [0.15, 0.2) is 18.2 Å². The van der Waals surface area contributed by atoms with Crippen molar-refractivity contribution < 1.29 is 9.53 Å². The van der Waals surface area contributed by atoms with Crippen molar-refractivity contribution in [3.8, 4) is 0 Å². The topological polar surface area (TPSA) is 44.8 Å². The second-order valence-corrected chi connectivity index (χ2v) is 7.42. The average molecular weight is 348 g/mol. The van der Waals surface area contributed by atoms with Gasteiger partial charge in [0.1, 0.15) is 0 Å². The number of nitrogens with zero attached hydrogens (tertiary/aromatic N) is 2. The van der Waals surface area contributed by atoms with E-state index in [0.717, 1.165) is 55.9 Å². The van der Waals surface area contributed by atoms with E-state index in [1.165, 1.54) is 0 Å². The summed E-state index contributed by atoms with van der Waals surface area (Å²) >= 11 is 0. The molecule has 1 aromatic carbocycles. The van der Waals surface area contributed by atoms with Crippen LogP contribution in [0.3, 0.4) is 0 Å². The first kappa shape index (κ1) is 19.9. The summed E-state index contributed by atoms with van der Waals surface area (Å²) < 4.78 is 5.99. The molecule has 25 heavy (non-hydrogen) atoms. The summed E-state index contributed by atoms with van der Waals surface area (Å²) in [5.74, 6) is 0.0580. The third-order valence-corrected chi connectivity index (χ3v) is 4.88. The van der Waals surface area contributed by atoms with Crippen LogP contribution < -0.4 is 5.32 Å². The van der Waals surface area contributed by atoms with Gasteiger partial charge in [0.05, 0.1) is 18.8 Å². The van der Waals surface area contributed by atoms with Crippen LogP contribution in [-0.4, -0.2) is 68.2 Å². The molecular weight excluding hydrogens is 314 g/mol. The Morgan fingerprint density at radius 1 is 1.40 bits per heavy atom. The number of nitrogens with one attached hydrogen (secondary N) is 1. The van der Waals surface area contributed by atoms with E-state index in [9.17, 15) is 4.79 Å². The van der Waals surface area contributed by atoms with Gasteiger partial charge in [0.25, 0.3) is 0 Å². The maximum atomic E-state index is 12.7. The van der Waals surface area contributed by atoms with Crippen LogP contribution in [0.1, 0.15) is 30.9 Å². The molecule has 1 aliphatic heterocycles. The van der Waals surface area contributed by atoms with E-state index in [1.807, 2.05) is 32.9 Å². The number of amides is 1. The van der Waals surface area contributed by atoms with Gasteiger partial charge in [-0.3, -0.25) is 9.69 Å². The molecule has 0 unspecified atom stereocenters. The number of likely N-dealkylation sites (N-methyl/N-ethyl adjacent to an activating group) is 1. The Kier molecular flexibility index (Phi) is 7.41. The van der Waals surface area contributed by atoms with Crippen LogP contribution in [0.25, 0.3) is 0 Å². The summed E-state index contributed by atoms with van der Waals surface area (Å²) in [6.45, 7) is 9.51. The van der Waals surface area contributed by atoms with Crippen LogP contribution in [0, 0.1) is 13.8 Å². The van der Waals surface area contributed by atoms with Crippen molar-refractivity contribution in [2.45, 2.75) is 45.8 Å². The van der Waals surface area contributed by atoms with Crippen molar-refractivity contribution in [2.75, 3.05) is 45.7 Å². The Morgan fingerprint density at radius 3 is 2.88 bits per heavy atom. The lowest BCUT2D eigenvalue weighted by Gasteiger charge is -2.36. The van der Waals surface area contributed by atoms with E-state index in [-0.39, 0.29) is 18.1 Å². The zero-order valence-corrected chi connectivity index (χ0v) is 16.3. The van der Waals surface area contributed by atoms with Gasteiger partial charge in [-0.15, -0.1) is 0 Å². The predicted molar refractivity (Wildman–Crippen MR) is 103 cm³/mol. The van der Waals surface area contributed by atoms with Gasteiger partial charge in [-0.1, -0.05) is 12.1 Å². The molecule has 1 amide bonds. The second kappa shape index (κ2) is 9.32. The number of carbonyl (C=O) groups is 1. The van der Waals surface area contributed by atoms with Crippen LogP contribution in [0.5, 0.6) is 0 Å². The Labute approximate surface area is 152 Å². The van der Waals surface area contributed by atoms with Crippen molar-refractivity contribution in [3.05, 3.63) is 29.3 Å². The molecule has 0 saturated carbocycles. The van der Waals surface area contributed by atoms with Crippen LogP contribution >= 0.6 is 0 Å². The first-order valence-electron chi connectivity index (χ1n) is 9.25. The van der Waals surface area contributed by atoms with Gasteiger partial charge in [-0.2, -0.15) is 0 Å². The number of benzene rings is 1. The zero-order chi connectivity index (χ0) is 18.4. The maximum absolute atomic E-state index is 12.7. The number of ether oxygens (including phenoxy) is 1. The molecule has 5 nitrogen and oxygen atoms in total. The molecule has 0 aliphatic carbocycles. The molecule has 5 heteroatoms. The highest BCUT2D eigenvalue weighted by Gasteiger charge is 2.28. The Hall–Kier alpha value is -1.43. The molecule has 0 spiro atoms. The Bertz CT molecular complexity index is 574. The van der Waals surface area contributed by atoms with Crippen molar-refractivity contribution in [1.29, 1.82) is 0 Å². The number of hydrogen-bond donors (Lipinski definition) is 1. The monoisotopic (exact) mass is 347 g/mol. The Morgan fingerprint density at radius 2 is 2.16 bits per heavy atom. The fourth-order valence-electron chi connectivity index (χ4n) is 3.13. The van der Waals surface area contributed by atoms with Gasteiger partial charge in [0.2, 0.25) is 5.91 Å². The van der Waals surface area contributed by atoms with Crippen molar-refractivity contribution >= 4 is 11.6 Å². The predicted octanol–water partition coefficient (Wildman–Crippen LogP) is 2.67. The summed E-state index contributed by atoms with van der Waals surface area (Å²) in [7, 11) is 4.10. The summed E-state index contributed by atoms with van der Waals surface area (Å²) in [5, 5.41) is 3.09. The number of hydrogen-bond acceptors (Lipinski definition) is 4. The molecule has 0 aromatic heterocycles. The quantitative estimate of drug-likeness (QED) is 0.824. The highest BCUT2D eigenvalue weighted by molar-refractivity contribution is 5.95. The molecule has 2 atom stereocenters. The van der Waals surface area contributed by atoms with Gasteiger partial charge in [-0.05, 0) is 71.4 Å². The summed E-state index contributed by atoms with van der Waals surface area (Å²) in [6.07, 6.45) is 2.38. The van der Waals surface area contributed by atoms with Crippen molar-refractivity contribution in [2.24, 2.45) is 0 Å². The van der Waals surface area contributed by atoms with E-state index < -0.39 is 0 Å². The summed E-state index contributed by atoms with van der Waals surface area (Å²) in [5.41, 5.74) is 3.16. The number of anilines is 1. The molecule has 1 aromatic rings. The van der Waals surface area contributed by atoms with Gasteiger partial charge in [0, 0.05) is 18.8 Å². The third kappa shape index (κ3) is 6.10. The van der Waals surface area contributed by atoms with E-state index in [2.05, 4.69) is 35.3 Å². The van der Waals surface area contributed by atoms with Crippen molar-refractivity contribution in [1.82, 2.24) is 9.80 Å². The largest absolute Gasteiger partial charge is 0.376 e. The van der Waals surface area contributed by atoms with Crippen LogP contribution in [0.2, 0.25) is 0 Å². The zero-order valence-electron chi connectivity index (χ0n) is 16.3. The highest BCUT2D eigenvalue weighted by Crippen LogP contribution is 2.19. The lowest BCUT2D eigenvalue weighted by molar-refractivity contribution is -0.122. The lowest BCUT2D eigenvalue weighted by Crippen LogP contribution is -2.49. The fraction of sp³-hybridized carbons (Fsp3) is 0.650. The van der Waals surface area contributed by atoms with E-state index in [0.29, 0.717) is 0 Å².